The summed E-state index contributed by atoms with van der Waals surface area (Å²) in [5.74, 6) is -2.07. The van der Waals surface area contributed by atoms with Gasteiger partial charge in [0.15, 0.2) is 0 Å². The largest absolute Gasteiger partial charge is 0.475 e. The molecule has 0 bridgehead atoms. The Balaban J connectivity index is 3.37. The van der Waals surface area contributed by atoms with Crippen LogP contribution >= 0.6 is 0 Å². The van der Waals surface area contributed by atoms with Crippen molar-refractivity contribution in [3.05, 3.63) is 17.7 Å². The minimum absolute atomic E-state index is 0.531. The van der Waals surface area contributed by atoms with Gasteiger partial charge in [0, 0.05) is 6.04 Å². The fraction of sp³-hybridized carbons (Fsp3) is 0.500. The van der Waals surface area contributed by atoms with Gasteiger partial charge in [-0.2, -0.15) is 13.2 Å². The molecule has 1 aromatic rings. The van der Waals surface area contributed by atoms with Crippen LogP contribution in [0.15, 0.2) is 6.20 Å². The van der Waals surface area contributed by atoms with Gasteiger partial charge in [0.25, 0.3) is 0 Å². The van der Waals surface area contributed by atoms with Crippen LogP contribution in [0.5, 0.6) is 0 Å². The fourth-order valence-electron chi connectivity index (χ4n) is 1.25. The highest BCUT2D eigenvalue weighted by Crippen LogP contribution is 2.31. The van der Waals surface area contributed by atoms with Crippen LogP contribution in [-0.4, -0.2) is 20.6 Å². The van der Waals surface area contributed by atoms with Crippen molar-refractivity contribution in [1.29, 1.82) is 0 Å². The third-order valence-electron chi connectivity index (χ3n) is 1.79. The summed E-state index contributed by atoms with van der Waals surface area (Å²) in [6.45, 7) is 2.92. The number of halogens is 3. The van der Waals surface area contributed by atoms with Gasteiger partial charge < -0.3 is 9.67 Å². The molecule has 0 aliphatic carbocycles. The van der Waals surface area contributed by atoms with E-state index in [-0.39, 0.29) is 0 Å². The molecule has 0 fully saturated rings. The van der Waals surface area contributed by atoms with Crippen LogP contribution in [0.25, 0.3) is 0 Å². The molecule has 7 heteroatoms. The first-order valence-electron chi connectivity index (χ1n) is 4.13. The van der Waals surface area contributed by atoms with Crippen molar-refractivity contribution < 1.29 is 23.1 Å². The summed E-state index contributed by atoms with van der Waals surface area (Å²) in [5, 5.41) is 8.64. The predicted molar refractivity (Wildman–Crippen MR) is 44.6 cm³/mol. The molecule has 0 radical (unpaired) electrons. The van der Waals surface area contributed by atoms with E-state index in [1.54, 1.807) is 0 Å². The van der Waals surface area contributed by atoms with Gasteiger partial charge >= 0.3 is 12.1 Å². The zero-order valence-electron chi connectivity index (χ0n) is 8.04. The minimum Gasteiger partial charge on any atom is -0.475 e. The van der Waals surface area contributed by atoms with Crippen molar-refractivity contribution in [2.24, 2.45) is 0 Å². The van der Waals surface area contributed by atoms with Gasteiger partial charge in [-0.1, -0.05) is 0 Å². The summed E-state index contributed by atoms with van der Waals surface area (Å²) in [6.07, 6.45) is -4.06. The molecule has 0 amide bonds. The first-order valence-corrected chi connectivity index (χ1v) is 4.13. The summed E-state index contributed by atoms with van der Waals surface area (Å²) in [5.41, 5.74) is -1.05. The van der Waals surface area contributed by atoms with Gasteiger partial charge in [0.2, 0.25) is 5.82 Å². The number of carbonyl (C=O) groups is 1. The number of aromatic nitrogens is 2. The number of carboxylic acid groups (broad SMARTS) is 1. The van der Waals surface area contributed by atoms with Gasteiger partial charge in [0.05, 0.1) is 6.20 Å². The van der Waals surface area contributed by atoms with E-state index < -0.39 is 29.7 Å². The SMILES string of the molecule is CC(C)n1c(C(F)(F)F)cnc1C(=O)O. The summed E-state index contributed by atoms with van der Waals surface area (Å²) < 4.78 is 38.0. The monoisotopic (exact) mass is 222 g/mol. The fourth-order valence-corrected chi connectivity index (χ4v) is 1.25. The Kier molecular flexibility index (Phi) is 2.74. The lowest BCUT2D eigenvalue weighted by atomic mass is 10.3. The highest BCUT2D eigenvalue weighted by Gasteiger charge is 2.37. The third kappa shape index (κ3) is 2.11. The second kappa shape index (κ2) is 3.56. The first kappa shape index (κ1) is 11.5. The normalized spacial score (nSPS) is 12.1. The van der Waals surface area contributed by atoms with Crippen LogP contribution in [0.1, 0.15) is 36.2 Å². The van der Waals surface area contributed by atoms with Crippen molar-refractivity contribution in [3.8, 4) is 0 Å². The second-order valence-corrected chi connectivity index (χ2v) is 3.23. The highest BCUT2D eigenvalue weighted by atomic mass is 19.4. The lowest BCUT2D eigenvalue weighted by Crippen LogP contribution is -2.19. The lowest BCUT2D eigenvalue weighted by Gasteiger charge is -2.15. The Bertz CT molecular complexity index is 382. The highest BCUT2D eigenvalue weighted by molar-refractivity contribution is 5.83. The van der Waals surface area contributed by atoms with Crippen molar-refractivity contribution in [2.45, 2.75) is 26.1 Å². The molecule has 0 aliphatic rings. The molecule has 4 nitrogen and oxygen atoms in total. The number of hydrogen-bond acceptors (Lipinski definition) is 2. The molecule has 0 spiro atoms. The zero-order valence-corrected chi connectivity index (χ0v) is 8.04. The number of imidazole rings is 1. The van der Waals surface area contributed by atoms with E-state index in [0.29, 0.717) is 10.8 Å². The van der Waals surface area contributed by atoms with E-state index in [1.807, 2.05) is 0 Å². The van der Waals surface area contributed by atoms with E-state index in [2.05, 4.69) is 4.98 Å². The lowest BCUT2D eigenvalue weighted by molar-refractivity contribution is -0.144. The van der Waals surface area contributed by atoms with Crippen LogP contribution in [0, 0.1) is 0 Å². The molecule has 1 heterocycles. The number of rotatable bonds is 2. The van der Waals surface area contributed by atoms with E-state index in [4.69, 9.17) is 5.11 Å². The van der Waals surface area contributed by atoms with Gasteiger partial charge in [-0.15, -0.1) is 0 Å². The Morgan fingerprint density at radius 1 is 1.53 bits per heavy atom. The van der Waals surface area contributed by atoms with Crippen LogP contribution in [0.2, 0.25) is 0 Å². The van der Waals surface area contributed by atoms with Crippen molar-refractivity contribution in [2.75, 3.05) is 0 Å². The molecule has 0 saturated carbocycles. The molecule has 1 N–H and O–H groups in total. The topological polar surface area (TPSA) is 55.1 Å². The minimum atomic E-state index is -4.59. The molecule has 0 atom stereocenters. The molecule has 0 aliphatic heterocycles. The number of hydrogen-bond donors (Lipinski definition) is 1. The summed E-state index contributed by atoms with van der Waals surface area (Å²) in [4.78, 5) is 13.9. The summed E-state index contributed by atoms with van der Waals surface area (Å²) >= 11 is 0. The van der Waals surface area contributed by atoms with Gasteiger partial charge in [-0.3, -0.25) is 0 Å². The molecule has 1 rings (SSSR count). The van der Waals surface area contributed by atoms with E-state index >= 15 is 0 Å². The molecule has 0 saturated heterocycles. The number of alkyl halides is 3. The van der Waals surface area contributed by atoms with Crippen LogP contribution in [0.4, 0.5) is 13.2 Å². The Morgan fingerprint density at radius 3 is 2.40 bits per heavy atom. The van der Waals surface area contributed by atoms with Crippen LogP contribution in [0.3, 0.4) is 0 Å². The molecule has 1 aromatic heterocycles. The van der Waals surface area contributed by atoms with Gasteiger partial charge in [-0.25, -0.2) is 9.78 Å². The molecule has 15 heavy (non-hydrogen) atoms. The molecule has 0 aromatic carbocycles. The average molecular weight is 222 g/mol. The predicted octanol–water partition coefficient (Wildman–Crippen LogP) is 2.18. The van der Waals surface area contributed by atoms with Gasteiger partial charge in [-0.05, 0) is 13.8 Å². The quantitative estimate of drug-likeness (QED) is 0.834. The van der Waals surface area contributed by atoms with Crippen LogP contribution < -0.4 is 0 Å². The van der Waals surface area contributed by atoms with Crippen molar-refractivity contribution in [1.82, 2.24) is 9.55 Å². The standard InChI is InChI=1S/C8H9F3N2O2/c1-4(2)13-5(8(9,10)11)3-12-6(13)7(14)15/h3-4H,1-2H3,(H,14,15). The average Bonchev–Trinajstić information content (AvgIpc) is 2.45. The number of aromatic carboxylic acids is 1. The van der Waals surface area contributed by atoms with Crippen molar-refractivity contribution in [3.63, 3.8) is 0 Å². The number of carboxylic acids is 1. The summed E-state index contributed by atoms with van der Waals surface area (Å²) in [7, 11) is 0. The van der Waals surface area contributed by atoms with E-state index in [1.165, 1.54) is 13.8 Å². The molecule has 84 valence electrons. The number of nitrogens with zero attached hydrogens (tertiary/aromatic N) is 2. The molecular weight excluding hydrogens is 213 g/mol. The second-order valence-electron chi connectivity index (χ2n) is 3.23. The molecular formula is C8H9F3N2O2. The third-order valence-corrected chi connectivity index (χ3v) is 1.79. The van der Waals surface area contributed by atoms with Crippen molar-refractivity contribution >= 4 is 5.97 Å². The Hall–Kier alpha value is -1.53. The van der Waals surface area contributed by atoms with Crippen LogP contribution in [-0.2, 0) is 6.18 Å². The maximum atomic E-state index is 12.4. The first-order chi connectivity index (χ1) is 6.75. The summed E-state index contributed by atoms with van der Waals surface area (Å²) in [6, 6.07) is -0.616. The van der Waals surface area contributed by atoms with E-state index in [9.17, 15) is 18.0 Å². The Labute approximate surface area is 83.3 Å². The Morgan fingerprint density at radius 2 is 2.07 bits per heavy atom. The maximum absolute atomic E-state index is 12.4. The van der Waals surface area contributed by atoms with Gasteiger partial charge in [0.1, 0.15) is 5.69 Å². The van der Waals surface area contributed by atoms with E-state index in [0.717, 1.165) is 0 Å². The zero-order chi connectivity index (χ0) is 11.8. The smallest absolute Gasteiger partial charge is 0.433 e. The maximum Gasteiger partial charge on any atom is 0.433 e. The molecule has 0 unspecified atom stereocenters.